The minimum absolute atomic E-state index is 0.892. The lowest BCUT2D eigenvalue weighted by atomic mass is 10.2. The van der Waals surface area contributed by atoms with Crippen LogP contribution in [0.1, 0.15) is 11.1 Å². The molecule has 0 unspecified atom stereocenters. The second kappa shape index (κ2) is 5.78. The molecule has 0 aliphatic rings. The number of thioether (sulfide) groups is 1. The lowest BCUT2D eigenvalue weighted by Gasteiger charge is -2.06. The maximum absolute atomic E-state index is 5.98. The maximum atomic E-state index is 5.98. The Morgan fingerprint density at radius 3 is 2.53 bits per heavy atom. The predicted molar refractivity (Wildman–Crippen MR) is 76.5 cm³/mol. The van der Waals surface area contributed by atoms with Crippen molar-refractivity contribution in [2.75, 3.05) is 11.5 Å². The van der Waals surface area contributed by atoms with Gasteiger partial charge < -0.3 is 5.73 Å². The summed E-state index contributed by atoms with van der Waals surface area (Å²) in [6.07, 6.45) is 1.08. The first-order valence-corrected chi connectivity index (χ1v) is 6.77. The third-order valence-electron chi connectivity index (χ3n) is 2.66. The van der Waals surface area contributed by atoms with Gasteiger partial charge in [0.15, 0.2) is 0 Å². The summed E-state index contributed by atoms with van der Waals surface area (Å²) in [5.41, 5.74) is 9.47. The first-order valence-electron chi connectivity index (χ1n) is 5.78. The molecule has 0 heterocycles. The van der Waals surface area contributed by atoms with Crippen LogP contribution in [0.4, 0.5) is 5.69 Å². The van der Waals surface area contributed by atoms with Gasteiger partial charge in [-0.15, -0.1) is 11.8 Å². The average molecular weight is 243 g/mol. The first kappa shape index (κ1) is 12.1. The zero-order chi connectivity index (χ0) is 12.1. The fourth-order valence-electron chi connectivity index (χ4n) is 1.72. The van der Waals surface area contributed by atoms with Crippen molar-refractivity contribution in [3.05, 3.63) is 59.7 Å². The molecule has 1 nitrogen and oxygen atoms in total. The molecule has 2 aromatic carbocycles. The largest absolute Gasteiger partial charge is 0.398 e. The third kappa shape index (κ3) is 3.53. The fraction of sp³-hybridized carbons (Fsp3) is 0.200. The third-order valence-corrected chi connectivity index (χ3v) is 3.75. The number of hydrogen-bond acceptors (Lipinski definition) is 2. The number of nitrogen functional groups attached to an aromatic ring is 1. The highest BCUT2D eigenvalue weighted by atomic mass is 32.2. The molecule has 2 heteroatoms. The number of aryl methyl sites for hydroxylation is 2. The number of benzene rings is 2. The van der Waals surface area contributed by atoms with Crippen molar-refractivity contribution in [1.82, 2.24) is 0 Å². The van der Waals surface area contributed by atoms with Crippen LogP contribution >= 0.6 is 11.8 Å². The SMILES string of the molecule is Cc1ccc(SCCc2ccccc2)c(N)c1. The van der Waals surface area contributed by atoms with Crippen LogP contribution in [-0.2, 0) is 6.42 Å². The average Bonchev–Trinajstić information content (AvgIpc) is 2.33. The van der Waals surface area contributed by atoms with Crippen molar-refractivity contribution in [3.63, 3.8) is 0 Å². The smallest absolute Gasteiger partial charge is 0.0454 e. The molecule has 0 bridgehead atoms. The van der Waals surface area contributed by atoms with E-state index in [4.69, 9.17) is 5.73 Å². The van der Waals surface area contributed by atoms with Gasteiger partial charge >= 0.3 is 0 Å². The van der Waals surface area contributed by atoms with Gasteiger partial charge in [0.25, 0.3) is 0 Å². The molecule has 17 heavy (non-hydrogen) atoms. The lowest BCUT2D eigenvalue weighted by Crippen LogP contribution is -1.92. The summed E-state index contributed by atoms with van der Waals surface area (Å²) in [7, 11) is 0. The van der Waals surface area contributed by atoms with Gasteiger partial charge in [-0.25, -0.2) is 0 Å². The summed E-state index contributed by atoms with van der Waals surface area (Å²) in [6.45, 7) is 2.06. The summed E-state index contributed by atoms with van der Waals surface area (Å²) < 4.78 is 0. The molecular formula is C15H17NS. The molecule has 0 fully saturated rings. The van der Waals surface area contributed by atoms with Crippen molar-refractivity contribution < 1.29 is 0 Å². The molecular weight excluding hydrogens is 226 g/mol. The monoisotopic (exact) mass is 243 g/mol. The maximum Gasteiger partial charge on any atom is 0.0454 e. The Kier molecular flexibility index (Phi) is 4.10. The lowest BCUT2D eigenvalue weighted by molar-refractivity contribution is 1.15. The van der Waals surface area contributed by atoms with Crippen LogP contribution in [0.25, 0.3) is 0 Å². The number of nitrogens with two attached hydrogens (primary N) is 1. The van der Waals surface area contributed by atoms with E-state index in [2.05, 4.69) is 49.4 Å². The Balaban J connectivity index is 1.90. The topological polar surface area (TPSA) is 26.0 Å². The van der Waals surface area contributed by atoms with Gasteiger partial charge in [0.1, 0.15) is 0 Å². The van der Waals surface area contributed by atoms with Crippen LogP contribution in [0.15, 0.2) is 53.4 Å². The second-order valence-corrected chi connectivity index (χ2v) is 5.26. The quantitative estimate of drug-likeness (QED) is 0.651. The van der Waals surface area contributed by atoms with Crippen LogP contribution in [0.5, 0.6) is 0 Å². The molecule has 0 saturated carbocycles. The minimum Gasteiger partial charge on any atom is -0.398 e. The molecule has 0 aliphatic carbocycles. The molecule has 0 amide bonds. The predicted octanol–water partition coefficient (Wildman–Crippen LogP) is 3.91. The Bertz CT molecular complexity index is 480. The molecule has 0 atom stereocenters. The molecule has 0 radical (unpaired) electrons. The van der Waals surface area contributed by atoms with Gasteiger partial charge in [-0.3, -0.25) is 0 Å². The first-order chi connectivity index (χ1) is 8.25. The van der Waals surface area contributed by atoms with Crippen LogP contribution in [-0.4, -0.2) is 5.75 Å². The molecule has 0 spiro atoms. The van der Waals surface area contributed by atoms with Crippen molar-refractivity contribution in [2.24, 2.45) is 0 Å². The van der Waals surface area contributed by atoms with E-state index < -0.39 is 0 Å². The van der Waals surface area contributed by atoms with Crippen LogP contribution in [0.2, 0.25) is 0 Å². The molecule has 2 aromatic rings. The van der Waals surface area contributed by atoms with E-state index in [1.807, 2.05) is 17.8 Å². The summed E-state index contributed by atoms with van der Waals surface area (Å²) in [5, 5.41) is 0. The highest BCUT2D eigenvalue weighted by Gasteiger charge is 2.00. The number of rotatable bonds is 4. The minimum atomic E-state index is 0.892. The van der Waals surface area contributed by atoms with Crippen molar-refractivity contribution in [1.29, 1.82) is 0 Å². The summed E-state index contributed by atoms with van der Waals surface area (Å²) in [6, 6.07) is 16.8. The number of hydrogen-bond donors (Lipinski definition) is 1. The Hall–Kier alpha value is -1.41. The molecule has 0 aromatic heterocycles. The summed E-state index contributed by atoms with van der Waals surface area (Å²) in [5.74, 6) is 1.07. The van der Waals surface area contributed by atoms with Gasteiger partial charge in [-0.2, -0.15) is 0 Å². The van der Waals surface area contributed by atoms with E-state index in [-0.39, 0.29) is 0 Å². The van der Waals surface area contributed by atoms with E-state index in [1.54, 1.807) is 0 Å². The zero-order valence-corrected chi connectivity index (χ0v) is 10.8. The van der Waals surface area contributed by atoms with E-state index in [9.17, 15) is 0 Å². The highest BCUT2D eigenvalue weighted by molar-refractivity contribution is 7.99. The van der Waals surface area contributed by atoms with Crippen molar-refractivity contribution in [2.45, 2.75) is 18.2 Å². The normalized spacial score (nSPS) is 10.4. The highest BCUT2D eigenvalue weighted by Crippen LogP contribution is 2.26. The van der Waals surface area contributed by atoms with Gasteiger partial charge in [-0.1, -0.05) is 36.4 Å². The summed E-state index contributed by atoms with van der Waals surface area (Å²) in [4.78, 5) is 1.19. The van der Waals surface area contributed by atoms with Crippen LogP contribution in [0.3, 0.4) is 0 Å². The zero-order valence-electron chi connectivity index (χ0n) is 10.0. The van der Waals surface area contributed by atoms with Gasteiger partial charge in [0.05, 0.1) is 0 Å². The molecule has 2 rings (SSSR count). The second-order valence-electron chi connectivity index (χ2n) is 4.13. The number of anilines is 1. The van der Waals surface area contributed by atoms with Crippen LogP contribution < -0.4 is 5.73 Å². The molecule has 0 aliphatic heterocycles. The van der Waals surface area contributed by atoms with Gasteiger partial charge in [0, 0.05) is 16.3 Å². The molecule has 2 N–H and O–H groups in total. The van der Waals surface area contributed by atoms with E-state index in [1.165, 1.54) is 16.0 Å². The Morgan fingerprint density at radius 2 is 1.82 bits per heavy atom. The van der Waals surface area contributed by atoms with E-state index in [0.29, 0.717) is 0 Å². The Labute approximate surface area is 107 Å². The van der Waals surface area contributed by atoms with E-state index >= 15 is 0 Å². The standard InChI is InChI=1S/C15H17NS/c1-12-7-8-15(14(16)11-12)17-10-9-13-5-3-2-4-6-13/h2-8,11H,9-10,16H2,1H3. The van der Waals surface area contributed by atoms with Crippen molar-refractivity contribution in [3.8, 4) is 0 Å². The molecule has 0 saturated heterocycles. The van der Waals surface area contributed by atoms with Crippen LogP contribution in [0, 0.1) is 6.92 Å². The van der Waals surface area contributed by atoms with Gasteiger partial charge in [0.2, 0.25) is 0 Å². The van der Waals surface area contributed by atoms with Crippen molar-refractivity contribution >= 4 is 17.4 Å². The fourth-order valence-corrected chi connectivity index (χ4v) is 2.67. The van der Waals surface area contributed by atoms with Gasteiger partial charge in [-0.05, 0) is 36.6 Å². The molecule has 88 valence electrons. The summed E-state index contributed by atoms with van der Waals surface area (Å²) >= 11 is 1.83. The Morgan fingerprint density at radius 1 is 1.06 bits per heavy atom. The van der Waals surface area contributed by atoms with E-state index in [0.717, 1.165) is 17.9 Å².